The van der Waals surface area contributed by atoms with E-state index in [0.29, 0.717) is 6.04 Å². The number of unbranched alkanes of at least 4 members (excludes halogenated alkanes) is 1. The van der Waals surface area contributed by atoms with Gasteiger partial charge in [-0.1, -0.05) is 26.7 Å². The molecule has 1 N–H and O–H groups in total. The van der Waals surface area contributed by atoms with E-state index < -0.39 is 0 Å². The number of nitrogens with zero attached hydrogens (tertiary/aromatic N) is 1. The Morgan fingerprint density at radius 2 is 1.93 bits per heavy atom. The molecule has 0 aliphatic heterocycles. The van der Waals surface area contributed by atoms with E-state index in [1.54, 1.807) is 0 Å². The lowest BCUT2D eigenvalue weighted by molar-refractivity contribution is 0.481. The Kier molecular flexibility index (Phi) is 6.02. The van der Waals surface area contributed by atoms with E-state index in [2.05, 4.69) is 36.3 Å². The molecule has 0 bridgehead atoms. The Bertz CT molecular complexity index is 238. The average molecular weight is 206 g/mol. The van der Waals surface area contributed by atoms with Crippen LogP contribution in [0, 0.1) is 0 Å². The molecule has 0 saturated heterocycles. The summed E-state index contributed by atoms with van der Waals surface area (Å²) in [6.07, 6.45) is 8.71. The van der Waals surface area contributed by atoms with Crippen molar-refractivity contribution >= 4 is 0 Å². The first-order chi connectivity index (χ1) is 7.38. The summed E-state index contributed by atoms with van der Waals surface area (Å²) in [7, 11) is 0. The Morgan fingerprint density at radius 1 is 1.20 bits per heavy atom. The highest BCUT2D eigenvalue weighted by molar-refractivity contribution is 5.14. The highest BCUT2D eigenvalue weighted by Gasteiger charge is 2.08. The number of hydrogen-bond donors (Lipinski definition) is 1. The van der Waals surface area contributed by atoms with E-state index in [-0.39, 0.29) is 0 Å². The summed E-state index contributed by atoms with van der Waals surface area (Å²) in [6.45, 7) is 5.54. The van der Waals surface area contributed by atoms with Crippen LogP contribution in [-0.4, -0.2) is 11.5 Å². The van der Waals surface area contributed by atoms with Crippen LogP contribution in [0.4, 0.5) is 0 Å². The van der Waals surface area contributed by atoms with E-state index in [4.69, 9.17) is 0 Å². The minimum absolute atomic E-state index is 0.507. The van der Waals surface area contributed by atoms with Crippen LogP contribution in [0.5, 0.6) is 0 Å². The lowest BCUT2D eigenvalue weighted by atomic mass is 10.0. The van der Waals surface area contributed by atoms with Gasteiger partial charge in [-0.3, -0.25) is 4.98 Å². The smallest absolute Gasteiger partial charge is 0.0321 e. The normalized spacial score (nSPS) is 12.7. The molecule has 2 heteroatoms. The van der Waals surface area contributed by atoms with E-state index in [1.807, 2.05) is 12.4 Å². The van der Waals surface area contributed by atoms with Crippen molar-refractivity contribution in [2.45, 2.75) is 45.6 Å². The first-order valence-corrected chi connectivity index (χ1v) is 6.01. The van der Waals surface area contributed by atoms with E-state index in [0.717, 1.165) is 6.54 Å². The van der Waals surface area contributed by atoms with Gasteiger partial charge in [0.15, 0.2) is 0 Å². The summed E-state index contributed by atoms with van der Waals surface area (Å²) in [5.41, 5.74) is 1.37. The SMILES string of the molecule is CCCCC(NCCC)c1ccncc1. The fraction of sp³-hybridized carbons (Fsp3) is 0.615. The number of nitrogens with one attached hydrogen (secondary N) is 1. The van der Waals surface area contributed by atoms with E-state index >= 15 is 0 Å². The molecule has 0 fully saturated rings. The monoisotopic (exact) mass is 206 g/mol. The second kappa shape index (κ2) is 7.41. The van der Waals surface area contributed by atoms with Gasteiger partial charge in [-0.2, -0.15) is 0 Å². The number of hydrogen-bond acceptors (Lipinski definition) is 2. The van der Waals surface area contributed by atoms with Crippen molar-refractivity contribution in [2.75, 3.05) is 6.54 Å². The number of pyridine rings is 1. The van der Waals surface area contributed by atoms with Crippen LogP contribution in [0.25, 0.3) is 0 Å². The third-order valence-electron chi connectivity index (χ3n) is 2.60. The summed E-state index contributed by atoms with van der Waals surface area (Å²) in [6, 6.07) is 4.74. The minimum Gasteiger partial charge on any atom is -0.310 e. The average Bonchev–Trinajstić information content (AvgIpc) is 2.30. The minimum atomic E-state index is 0.507. The van der Waals surface area contributed by atoms with Gasteiger partial charge in [0.25, 0.3) is 0 Å². The molecule has 0 amide bonds. The maximum absolute atomic E-state index is 4.06. The highest BCUT2D eigenvalue weighted by Crippen LogP contribution is 2.18. The van der Waals surface area contributed by atoms with Gasteiger partial charge in [0.2, 0.25) is 0 Å². The largest absolute Gasteiger partial charge is 0.310 e. The third kappa shape index (κ3) is 4.43. The molecule has 2 nitrogen and oxygen atoms in total. The predicted molar refractivity (Wildman–Crippen MR) is 64.8 cm³/mol. The van der Waals surface area contributed by atoms with Gasteiger partial charge in [-0.05, 0) is 37.1 Å². The van der Waals surface area contributed by atoms with Crippen molar-refractivity contribution < 1.29 is 0 Å². The van der Waals surface area contributed by atoms with Gasteiger partial charge in [-0.15, -0.1) is 0 Å². The van der Waals surface area contributed by atoms with Gasteiger partial charge in [0.05, 0.1) is 0 Å². The predicted octanol–water partition coefficient (Wildman–Crippen LogP) is 3.31. The van der Waals surface area contributed by atoms with Crippen LogP contribution in [0.3, 0.4) is 0 Å². The molecule has 1 atom stereocenters. The quantitative estimate of drug-likeness (QED) is 0.740. The van der Waals surface area contributed by atoms with Crippen molar-refractivity contribution in [3.8, 4) is 0 Å². The van der Waals surface area contributed by atoms with Crippen LogP contribution in [0.1, 0.15) is 51.1 Å². The maximum atomic E-state index is 4.06. The fourth-order valence-electron chi connectivity index (χ4n) is 1.71. The lowest BCUT2D eigenvalue weighted by Gasteiger charge is -2.18. The molecule has 1 unspecified atom stereocenters. The Labute approximate surface area is 93.1 Å². The topological polar surface area (TPSA) is 24.9 Å². The van der Waals surface area contributed by atoms with Crippen LogP contribution in [0.2, 0.25) is 0 Å². The molecule has 84 valence electrons. The maximum Gasteiger partial charge on any atom is 0.0321 e. The molecule has 1 aromatic rings. The van der Waals surface area contributed by atoms with E-state index in [1.165, 1.54) is 31.2 Å². The highest BCUT2D eigenvalue weighted by atomic mass is 14.9. The number of aromatic nitrogens is 1. The van der Waals surface area contributed by atoms with Crippen LogP contribution < -0.4 is 5.32 Å². The molecule has 0 spiro atoms. The third-order valence-corrected chi connectivity index (χ3v) is 2.60. The molecule has 1 heterocycles. The van der Waals surface area contributed by atoms with Crippen LogP contribution >= 0.6 is 0 Å². The summed E-state index contributed by atoms with van der Waals surface area (Å²) >= 11 is 0. The standard InChI is InChI=1S/C13H22N2/c1-3-5-6-13(15-9-4-2)12-7-10-14-11-8-12/h7-8,10-11,13,15H,3-6,9H2,1-2H3. The summed E-state index contributed by atoms with van der Waals surface area (Å²) < 4.78 is 0. The zero-order valence-corrected chi connectivity index (χ0v) is 9.87. The second-order valence-corrected chi connectivity index (χ2v) is 3.93. The van der Waals surface area contributed by atoms with Gasteiger partial charge >= 0.3 is 0 Å². The summed E-state index contributed by atoms with van der Waals surface area (Å²) in [4.78, 5) is 4.06. The van der Waals surface area contributed by atoms with Crippen LogP contribution in [-0.2, 0) is 0 Å². The van der Waals surface area contributed by atoms with Crippen molar-refractivity contribution in [2.24, 2.45) is 0 Å². The van der Waals surface area contributed by atoms with Crippen molar-refractivity contribution in [3.05, 3.63) is 30.1 Å². The Morgan fingerprint density at radius 3 is 2.53 bits per heavy atom. The first-order valence-electron chi connectivity index (χ1n) is 6.01. The molecule has 0 radical (unpaired) electrons. The molecule has 0 aromatic carbocycles. The Balaban J connectivity index is 2.55. The van der Waals surface area contributed by atoms with Gasteiger partial charge in [0, 0.05) is 18.4 Å². The zero-order chi connectivity index (χ0) is 10.9. The van der Waals surface area contributed by atoms with Gasteiger partial charge in [0.1, 0.15) is 0 Å². The molecular weight excluding hydrogens is 184 g/mol. The lowest BCUT2D eigenvalue weighted by Crippen LogP contribution is -2.22. The van der Waals surface area contributed by atoms with Crippen LogP contribution in [0.15, 0.2) is 24.5 Å². The molecule has 15 heavy (non-hydrogen) atoms. The molecule has 0 saturated carbocycles. The molecule has 1 rings (SSSR count). The molecule has 0 aliphatic rings. The van der Waals surface area contributed by atoms with Crippen molar-refractivity contribution in [1.29, 1.82) is 0 Å². The zero-order valence-electron chi connectivity index (χ0n) is 9.87. The second-order valence-electron chi connectivity index (χ2n) is 3.93. The first kappa shape index (κ1) is 12.2. The van der Waals surface area contributed by atoms with Gasteiger partial charge < -0.3 is 5.32 Å². The molecular formula is C13H22N2. The Hall–Kier alpha value is -0.890. The summed E-state index contributed by atoms with van der Waals surface area (Å²) in [5.74, 6) is 0. The molecule has 0 aliphatic carbocycles. The van der Waals surface area contributed by atoms with Crippen molar-refractivity contribution in [3.63, 3.8) is 0 Å². The summed E-state index contributed by atoms with van der Waals surface area (Å²) in [5, 5.41) is 3.59. The van der Waals surface area contributed by atoms with E-state index in [9.17, 15) is 0 Å². The number of rotatable bonds is 7. The van der Waals surface area contributed by atoms with Crippen molar-refractivity contribution in [1.82, 2.24) is 10.3 Å². The fourth-order valence-corrected chi connectivity index (χ4v) is 1.71. The van der Waals surface area contributed by atoms with Gasteiger partial charge in [-0.25, -0.2) is 0 Å². The molecule has 1 aromatic heterocycles.